The van der Waals surface area contributed by atoms with E-state index in [0.717, 1.165) is 5.56 Å². The minimum absolute atomic E-state index is 0.0851. The first-order valence-corrected chi connectivity index (χ1v) is 8.42. The lowest BCUT2D eigenvalue weighted by Gasteiger charge is -2.11. The molecular weight excluding hydrogens is 357 g/mol. The summed E-state index contributed by atoms with van der Waals surface area (Å²) in [7, 11) is 0. The molecule has 1 N–H and O–H groups in total. The fourth-order valence-electron chi connectivity index (χ4n) is 2.39. The van der Waals surface area contributed by atoms with Gasteiger partial charge in [-0.3, -0.25) is 0 Å². The molecule has 2 rings (SSSR count). The van der Waals surface area contributed by atoms with Crippen molar-refractivity contribution in [3.8, 4) is 17.6 Å². The molecular formula is C20H17Cl2NO2. The second kappa shape index (κ2) is 8.62. The largest absolute Gasteiger partial charge is 0.504 e. The van der Waals surface area contributed by atoms with Crippen LogP contribution in [0.15, 0.2) is 43.0 Å². The third-order valence-electron chi connectivity index (χ3n) is 3.49. The molecule has 0 aliphatic rings. The lowest BCUT2D eigenvalue weighted by molar-refractivity contribution is 0.317. The van der Waals surface area contributed by atoms with Crippen molar-refractivity contribution >= 4 is 34.9 Å². The maximum Gasteiger partial charge on any atom is 0.161 e. The summed E-state index contributed by atoms with van der Waals surface area (Å²) in [6.07, 6.45) is 3.88. The molecule has 25 heavy (non-hydrogen) atoms. The highest BCUT2D eigenvalue weighted by Gasteiger charge is 2.12. The van der Waals surface area contributed by atoms with Crippen molar-refractivity contribution in [1.82, 2.24) is 0 Å². The molecule has 5 heteroatoms. The summed E-state index contributed by atoms with van der Waals surface area (Å²) in [5.74, 6) is 0.453. The van der Waals surface area contributed by atoms with Gasteiger partial charge in [0.15, 0.2) is 11.5 Å². The quantitative estimate of drug-likeness (QED) is 0.390. The number of allylic oxidation sites excluding steroid dienone is 2. The van der Waals surface area contributed by atoms with Gasteiger partial charge in [0, 0.05) is 16.1 Å². The predicted octanol–water partition coefficient (Wildman–Crippen LogP) is 5.89. The van der Waals surface area contributed by atoms with Crippen LogP contribution in [-0.2, 0) is 6.42 Å². The summed E-state index contributed by atoms with van der Waals surface area (Å²) >= 11 is 12.1. The Morgan fingerprint density at radius 1 is 1.32 bits per heavy atom. The number of aromatic hydroxyl groups is 1. The van der Waals surface area contributed by atoms with Gasteiger partial charge in [0.1, 0.15) is 0 Å². The Bertz CT molecular complexity index is 867. The van der Waals surface area contributed by atoms with Crippen molar-refractivity contribution in [2.45, 2.75) is 13.3 Å². The lowest BCUT2D eigenvalue weighted by atomic mass is 10.0. The Labute approximate surface area is 157 Å². The third-order valence-corrected chi connectivity index (χ3v) is 4.04. The zero-order valence-electron chi connectivity index (χ0n) is 13.7. The summed E-state index contributed by atoms with van der Waals surface area (Å²) in [4.78, 5) is 0. The minimum atomic E-state index is 0.0851. The summed E-state index contributed by atoms with van der Waals surface area (Å²) in [6.45, 7) is 5.95. The SMILES string of the molecule is C=CCc1cc(/C=C(/C#N)c2ccc(Cl)cc2Cl)cc(OCC)c1O. The van der Waals surface area contributed by atoms with E-state index in [4.69, 9.17) is 27.9 Å². The first kappa shape index (κ1) is 18.9. The van der Waals surface area contributed by atoms with Gasteiger partial charge in [0.25, 0.3) is 0 Å². The average molecular weight is 374 g/mol. The van der Waals surface area contributed by atoms with E-state index >= 15 is 0 Å². The number of nitrogens with zero attached hydrogens (tertiary/aromatic N) is 1. The van der Waals surface area contributed by atoms with Crippen molar-refractivity contribution < 1.29 is 9.84 Å². The number of rotatable bonds is 6. The standard InChI is InChI=1S/C20H17Cl2NO2/c1-3-5-14-8-13(10-19(20(14)24)25-4-2)9-15(12-23)17-7-6-16(21)11-18(17)22/h3,6-11,24H,1,4-5H2,2H3/b15-9-. The lowest BCUT2D eigenvalue weighted by Crippen LogP contribution is -1.95. The van der Waals surface area contributed by atoms with Gasteiger partial charge in [0.05, 0.1) is 23.3 Å². The van der Waals surface area contributed by atoms with Crippen LogP contribution in [-0.4, -0.2) is 11.7 Å². The molecule has 128 valence electrons. The van der Waals surface area contributed by atoms with Crippen LogP contribution in [0.25, 0.3) is 11.6 Å². The molecule has 0 aliphatic carbocycles. The van der Waals surface area contributed by atoms with Gasteiger partial charge in [-0.25, -0.2) is 0 Å². The van der Waals surface area contributed by atoms with E-state index in [1.54, 1.807) is 42.5 Å². The number of halogens is 2. The monoisotopic (exact) mass is 373 g/mol. The Hall–Kier alpha value is -2.41. The molecule has 0 aromatic heterocycles. The Kier molecular flexibility index (Phi) is 6.52. The molecule has 0 heterocycles. The van der Waals surface area contributed by atoms with E-state index in [2.05, 4.69) is 12.6 Å². The van der Waals surface area contributed by atoms with Crippen LogP contribution in [0.3, 0.4) is 0 Å². The van der Waals surface area contributed by atoms with Crippen molar-refractivity contribution in [3.05, 3.63) is 69.7 Å². The summed E-state index contributed by atoms with van der Waals surface area (Å²) in [5, 5.41) is 20.7. The van der Waals surface area contributed by atoms with E-state index in [-0.39, 0.29) is 5.75 Å². The smallest absolute Gasteiger partial charge is 0.161 e. The number of phenolic OH excluding ortho intramolecular Hbond substituents is 1. The highest BCUT2D eigenvalue weighted by molar-refractivity contribution is 6.36. The van der Waals surface area contributed by atoms with Gasteiger partial charge < -0.3 is 9.84 Å². The molecule has 0 saturated heterocycles. The molecule has 3 nitrogen and oxygen atoms in total. The number of phenols is 1. The number of benzene rings is 2. The number of hydrogen-bond donors (Lipinski definition) is 1. The maximum atomic E-state index is 10.3. The van der Waals surface area contributed by atoms with Gasteiger partial charge in [-0.1, -0.05) is 35.3 Å². The molecule has 0 aliphatic heterocycles. The average Bonchev–Trinajstić information content (AvgIpc) is 2.57. The van der Waals surface area contributed by atoms with Crippen molar-refractivity contribution in [1.29, 1.82) is 5.26 Å². The fraction of sp³-hybridized carbons (Fsp3) is 0.150. The van der Waals surface area contributed by atoms with Crippen molar-refractivity contribution in [3.63, 3.8) is 0 Å². The van der Waals surface area contributed by atoms with Crippen LogP contribution in [0.4, 0.5) is 0 Å². The summed E-state index contributed by atoms with van der Waals surface area (Å²) in [6, 6.07) is 10.6. The minimum Gasteiger partial charge on any atom is -0.504 e. The molecule has 0 bridgehead atoms. The molecule has 0 atom stereocenters. The van der Waals surface area contributed by atoms with Crippen LogP contribution in [0.5, 0.6) is 11.5 Å². The van der Waals surface area contributed by atoms with Crippen LogP contribution < -0.4 is 4.74 Å². The van der Waals surface area contributed by atoms with Gasteiger partial charge in [-0.2, -0.15) is 5.26 Å². The second-order valence-electron chi connectivity index (χ2n) is 5.25. The van der Waals surface area contributed by atoms with Crippen molar-refractivity contribution in [2.75, 3.05) is 6.61 Å². The van der Waals surface area contributed by atoms with Crippen LogP contribution in [0.1, 0.15) is 23.6 Å². The molecule has 0 amide bonds. The van der Waals surface area contributed by atoms with Gasteiger partial charge in [0.2, 0.25) is 0 Å². The van der Waals surface area contributed by atoms with E-state index in [0.29, 0.717) is 45.5 Å². The Morgan fingerprint density at radius 3 is 2.68 bits per heavy atom. The van der Waals surface area contributed by atoms with Gasteiger partial charge in [-0.05, 0) is 49.2 Å². The zero-order valence-corrected chi connectivity index (χ0v) is 15.2. The van der Waals surface area contributed by atoms with Gasteiger partial charge >= 0.3 is 0 Å². The first-order chi connectivity index (χ1) is 12.0. The second-order valence-corrected chi connectivity index (χ2v) is 6.09. The van der Waals surface area contributed by atoms with E-state index in [9.17, 15) is 10.4 Å². The van der Waals surface area contributed by atoms with E-state index in [1.165, 1.54) is 0 Å². The van der Waals surface area contributed by atoms with Crippen LogP contribution in [0, 0.1) is 11.3 Å². The highest BCUT2D eigenvalue weighted by atomic mass is 35.5. The zero-order chi connectivity index (χ0) is 18.4. The molecule has 2 aromatic rings. The van der Waals surface area contributed by atoms with Crippen LogP contribution in [0.2, 0.25) is 10.0 Å². The molecule has 0 fully saturated rings. The number of hydrogen-bond acceptors (Lipinski definition) is 3. The number of ether oxygens (including phenoxy) is 1. The normalized spacial score (nSPS) is 11.0. The number of nitriles is 1. The summed E-state index contributed by atoms with van der Waals surface area (Å²) in [5.41, 5.74) is 2.37. The molecule has 0 saturated carbocycles. The summed E-state index contributed by atoms with van der Waals surface area (Å²) < 4.78 is 5.48. The molecule has 0 spiro atoms. The maximum absolute atomic E-state index is 10.3. The molecule has 0 unspecified atom stereocenters. The van der Waals surface area contributed by atoms with Crippen LogP contribution >= 0.6 is 23.2 Å². The molecule has 0 radical (unpaired) electrons. The Morgan fingerprint density at radius 2 is 2.08 bits per heavy atom. The Balaban J connectivity index is 2.56. The van der Waals surface area contributed by atoms with E-state index < -0.39 is 0 Å². The first-order valence-electron chi connectivity index (χ1n) is 7.67. The highest BCUT2D eigenvalue weighted by Crippen LogP contribution is 2.34. The van der Waals surface area contributed by atoms with E-state index in [1.807, 2.05) is 6.92 Å². The van der Waals surface area contributed by atoms with Crippen molar-refractivity contribution in [2.24, 2.45) is 0 Å². The third kappa shape index (κ3) is 4.57. The molecule has 2 aromatic carbocycles. The predicted molar refractivity (Wildman–Crippen MR) is 103 cm³/mol. The van der Waals surface area contributed by atoms with Gasteiger partial charge in [-0.15, -0.1) is 6.58 Å². The fourth-order valence-corrected chi connectivity index (χ4v) is 2.90. The topological polar surface area (TPSA) is 53.2 Å².